The number of ether oxygens (including phenoxy) is 3. The van der Waals surface area contributed by atoms with Crippen molar-refractivity contribution in [3.63, 3.8) is 0 Å². The van der Waals surface area contributed by atoms with E-state index in [1.54, 1.807) is 13.2 Å². The van der Waals surface area contributed by atoms with Crippen molar-refractivity contribution in [1.29, 1.82) is 0 Å². The first-order chi connectivity index (χ1) is 10.0. The van der Waals surface area contributed by atoms with Crippen LogP contribution in [0.15, 0.2) is 16.6 Å². The molecule has 7 heteroatoms. The van der Waals surface area contributed by atoms with E-state index in [0.29, 0.717) is 29.1 Å². The summed E-state index contributed by atoms with van der Waals surface area (Å²) < 4.78 is 16.4. The summed E-state index contributed by atoms with van der Waals surface area (Å²) in [5.74, 6) is 0.781. The highest BCUT2D eigenvalue weighted by atomic mass is 79.9. The number of nitrogens with one attached hydrogen (secondary N) is 1. The molecule has 0 aromatic heterocycles. The summed E-state index contributed by atoms with van der Waals surface area (Å²) in [6.07, 6.45) is 0. The van der Waals surface area contributed by atoms with Gasteiger partial charge in [-0.1, -0.05) is 0 Å². The van der Waals surface area contributed by atoms with Crippen LogP contribution in [0.3, 0.4) is 0 Å². The number of hydrogen-bond donors (Lipinski definition) is 2. The van der Waals surface area contributed by atoms with Gasteiger partial charge in [-0.05, 0) is 40.5 Å². The highest BCUT2D eigenvalue weighted by Crippen LogP contribution is 2.36. The van der Waals surface area contributed by atoms with Crippen molar-refractivity contribution in [1.82, 2.24) is 5.32 Å². The third kappa shape index (κ3) is 5.53. The molecule has 0 aliphatic heterocycles. The van der Waals surface area contributed by atoms with Crippen molar-refractivity contribution in [2.75, 3.05) is 27.4 Å². The highest BCUT2D eigenvalue weighted by Gasteiger charge is 2.14. The van der Waals surface area contributed by atoms with E-state index in [0.717, 1.165) is 5.56 Å². The van der Waals surface area contributed by atoms with Crippen LogP contribution in [0, 0.1) is 0 Å². The molecule has 1 amide bonds. The number of carbonyl (C=O) groups excluding carboxylic acids is 1. The van der Waals surface area contributed by atoms with E-state index in [2.05, 4.69) is 21.2 Å². The molecule has 1 rings (SSSR count). The molecule has 1 unspecified atom stereocenters. The summed E-state index contributed by atoms with van der Waals surface area (Å²) in [6, 6.07) is 3.55. The van der Waals surface area contributed by atoms with Gasteiger partial charge in [-0.25, -0.2) is 0 Å². The standard InChI is InChI=1S/C14H21BrN2O4/c1-9(7-19-2)17-13(18)8-21-14-11(15)4-10(6-16)5-12(14)20-3/h4-5,9H,6-8,16H2,1-3H3,(H,17,18). The minimum atomic E-state index is -0.226. The summed E-state index contributed by atoms with van der Waals surface area (Å²) in [5, 5.41) is 2.77. The van der Waals surface area contributed by atoms with Crippen molar-refractivity contribution in [3.8, 4) is 11.5 Å². The van der Waals surface area contributed by atoms with Crippen LogP contribution in [0.25, 0.3) is 0 Å². The van der Waals surface area contributed by atoms with Crippen molar-refractivity contribution < 1.29 is 19.0 Å². The Kier molecular flexibility index (Phi) is 7.49. The molecule has 0 fully saturated rings. The molecular formula is C14H21BrN2O4. The second-order valence-electron chi connectivity index (χ2n) is 4.53. The maximum absolute atomic E-state index is 11.8. The molecule has 0 aliphatic rings. The third-order valence-electron chi connectivity index (χ3n) is 2.70. The van der Waals surface area contributed by atoms with E-state index >= 15 is 0 Å². The summed E-state index contributed by atoms with van der Waals surface area (Å²) in [5.41, 5.74) is 6.51. The SMILES string of the molecule is COCC(C)NC(=O)COc1c(Br)cc(CN)cc1OC. The van der Waals surface area contributed by atoms with Gasteiger partial charge >= 0.3 is 0 Å². The highest BCUT2D eigenvalue weighted by molar-refractivity contribution is 9.10. The number of methoxy groups -OCH3 is 2. The average molecular weight is 361 g/mol. The molecule has 1 aromatic carbocycles. The molecule has 0 aliphatic carbocycles. The molecule has 21 heavy (non-hydrogen) atoms. The second-order valence-corrected chi connectivity index (χ2v) is 5.38. The zero-order valence-corrected chi connectivity index (χ0v) is 14.0. The summed E-state index contributed by atoms with van der Waals surface area (Å²) in [4.78, 5) is 11.8. The lowest BCUT2D eigenvalue weighted by molar-refractivity contribution is -0.124. The van der Waals surface area contributed by atoms with E-state index in [9.17, 15) is 4.79 Å². The lowest BCUT2D eigenvalue weighted by Gasteiger charge is -2.16. The minimum Gasteiger partial charge on any atom is -0.493 e. The van der Waals surface area contributed by atoms with Gasteiger partial charge in [-0.3, -0.25) is 4.79 Å². The van der Waals surface area contributed by atoms with E-state index in [-0.39, 0.29) is 18.6 Å². The largest absolute Gasteiger partial charge is 0.493 e. The maximum atomic E-state index is 11.8. The maximum Gasteiger partial charge on any atom is 0.258 e. The summed E-state index contributed by atoms with van der Waals surface area (Å²) >= 11 is 3.39. The monoisotopic (exact) mass is 360 g/mol. The average Bonchev–Trinajstić information content (AvgIpc) is 2.45. The zero-order chi connectivity index (χ0) is 15.8. The Morgan fingerprint density at radius 1 is 1.43 bits per heavy atom. The van der Waals surface area contributed by atoms with Gasteiger partial charge in [0.2, 0.25) is 0 Å². The van der Waals surface area contributed by atoms with Gasteiger partial charge < -0.3 is 25.3 Å². The molecule has 0 bridgehead atoms. The van der Waals surface area contributed by atoms with Crippen LogP contribution in [0.5, 0.6) is 11.5 Å². The fraction of sp³-hybridized carbons (Fsp3) is 0.500. The van der Waals surface area contributed by atoms with E-state index in [1.807, 2.05) is 13.0 Å². The normalized spacial score (nSPS) is 11.9. The van der Waals surface area contributed by atoms with Crippen molar-refractivity contribution in [3.05, 3.63) is 22.2 Å². The fourth-order valence-corrected chi connectivity index (χ4v) is 2.38. The number of hydrogen-bond acceptors (Lipinski definition) is 5. The summed E-state index contributed by atoms with van der Waals surface area (Å²) in [6.45, 7) is 2.59. The van der Waals surface area contributed by atoms with Gasteiger partial charge in [0, 0.05) is 19.7 Å². The van der Waals surface area contributed by atoms with Crippen LogP contribution in [0.1, 0.15) is 12.5 Å². The molecular weight excluding hydrogens is 340 g/mol. The van der Waals surface area contributed by atoms with Crippen molar-refractivity contribution >= 4 is 21.8 Å². The Labute approximate surface area is 133 Å². The van der Waals surface area contributed by atoms with Gasteiger partial charge in [0.15, 0.2) is 18.1 Å². The number of nitrogens with two attached hydrogens (primary N) is 1. The number of rotatable bonds is 8. The van der Waals surface area contributed by atoms with Crippen LogP contribution >= 0.6 is 15.9 Å². The van der Waals surface area contributed by atoms with Gasteiger partial charge in [-0.15, -0.1) is 0 Å². The number of carbonyl (C=O) groups is 1. The van der Waals surface area contributed by atoms with Gasteiger partial charge in [-0.2, -0.15) is 0 Å². The molecule has 1 atom stereocenters. The van der Waals surface area contributed by atoms with Gasteiger partial charge in [0.25, 0.3) is 5.91 Å². The number of halogens is 1. The topological polar surface area (TPSA) is 82.8 Å². The van der Waals surface area contributed by atoms with E-state index in [1.165, 1.54) is 7.11 Å². The predicted octanol–water partition coefficient (Wildman–Crippen LogP) is 1.45. The van der Waals surface area contributed by atoms with Crippen LogP contribution in [-0.2, 0) is 16.1 Å². The lowest BCUT2D eigenvalue weighted by Crippen LogP contribution is -2.38. The first-order valence-corrected chi connectivity index (χ1v) is 7.28. The van der Waals surface area contributed by atoms with Crippen molar-refractivity contribution in [2.45, 2.75) is 19.5 Å². The first kappa shape index (κ1) is 17.7. The molecule has 118 valence electrons. The number of amides is 1. The molecule has 0 saturated carbocycles. The molecule has 3 N–H and O–H groups in total. The van der Waals surface area contributed by atoms with Crippen LogP contribution < -0.4 is 20.5 Å². The zero-order valence-electron chi connectivity index (χ0n) is 12.4. The molecule has 0 saturated heterocycles. The Balaban J connectivity index is 2.68. The molecule has 6 nitrogen and oxygen atoms in total. The smallest absolute Gasteiger partial charge is 0.258 e. The van der Waals surface area contributed by atoms with Gasteiger partial charge in [0.05, 0.1) is 18.2 Å². The fourth-order valence-electron chi connectivity index (χ4n) is 1.78. The first-order valence-electron chi connectivity index (χ1n) is 6.49. The van der Waals surface area contributed by atoms with E-state index in [4.69, 9.17) is 19.9 Å². The Bertz CT molecular complexity index is 482. The summed E-state index contributed by atoms with van der Waals surface area (Å²) in [7, 11) is 3.12. The predicted molar refractivity (Wildman–Crippen MR) is 83.6 cm³/mol. The van der Waals surface area contributed by atoms with Crippen molar-refractivity contribution in [2.24, 2.45) is 5.73 Å². The van der Waals surface area contributed by atoms with Crippen LogP contribution in [0.2, 0.25) is 0 Å². The Morgan fingerprint density at radius 2 is 2.14 bits per heavy atom. The number of benzene rings is 1. The minimum absolute atomic E-state index is 0.0731. The molecule has 0 heterocycles. The van der Waals surface area contributed by atoms with E-state index < -0.39 is 0 Å². The Hall–Kier alpha value is -1.31. The van der Waals surface area contributed by atoms with Crippen LogP contribution in [-0.4, -0.2) is 39.4 Å². The quantitative estimate of drug-likeness (QED) is 0.732. The Morgan fingerprint density at radius 3 is 2.71 bits per heavy atom. The molecule has 1 aromatic rings. The second kappa shape index (κ2) is 8.86. The van der Waals surface area contributed by atoms with Gasteiger partial charge in [0.1, 0.15) is 0 Å². The third-order valence-corrected chi connectivity index (χ3v) is 3.29. The van der Waals surface area contributed by atoms with Crippen LogP contribution in [0.4, 0.5) is 0 Å². The lowest BCUT2D eigenvalue weighted by atomic mass is 10.2. The molecule has 0 spiro atoms. The molecule has 0 radical (unpaired) electrons.